The van der Waals surface area contributed by atoms with Crippen LogP contribution in [-0.4, -0.2) is 32.1 Å². The van der Waals surface area contributed by atoms with Crippen LogP contribution in [0.5, 0.6) is 0 Å². The molecule has 25 heavy (non-hydrogen) atoms. The molecule has 0 spiro atoms. The molecule has 0 unspecified atom stereocenters. The molecule has 5 heteroatoms. The van der Waals surface area contributed by atoms with Gasteiger partial charge in [-0.1, -0.05) is 12.1 Å². The van der Waals surface area contributed by atoms with Gasteiger partial charge in [-0.2, -0.15) is 0 Å². The first-order valence-electron chi connectivity index (χ1n) is 8.19. The summed E-state index contributed by atoms with van der Waals surface area (Å²) in [7, 11) is 0. The standard InChI is InChI=1S/C20H22N2O3/c1-12-6-7-13(15-11-21-8-9-22-15)10-14(12)16-17(23)19(2,3)25-20(4,5)18(16)24/h6-11,23H,1-5H3. The topological polar surface area (TPSA) is 72.3 Å². The van der Waals surface area contributed by atoms with Crippen LogP contribution >= 0.6 is 0 Å². The van der Waals surface area contributed by atoms with Gasteiger partial charge < -0.3 is 9.84 Å². The lowest BCUT2D eigenvalue weighted by Crippen LogP contribution is -2.49. The van der Waals surface area contributed by atoms with Crippen LogP contribution in [0.15, 0.2) is 42.5 Å². The van der Waals surface area contributed by atoms with E-state index >= 15 is 0 Å². The molecule has 1 N–H and O–H groups in total. The number of nitrogens with zero attached hydrogens (tertiary/aromatic N) is 2. The summed E-state index contributed by atoms with van der Waals surface area (Å²) in [5.74, 6) is -0.278. The molecule has 0 fully saturated rings. The summed E-state index contributed by atoms with van der Waals surface area (Å²) in [6.45, 7) is 8.90. The lowest BCUT2D eigenvalue weighted by Gasteiger charge is -2.40. The maximum Gasteiger partial charge on any atom is 0.198 e. The van der Waals surface area contributed by atoms with Crippen LogP contribution in [0.25, 0.3) is 16.8 Å². The molecule has 1 aromatic carbocycles. The van der Waals surface area contributed by atoms with Crippen LogP contribution in [0, 0.1) is 6.92 Å². The third-order valence-corrected chi connectivity index (χ3v) is 4.46. The second-order valence-corrected chi connectivity index (χ2v) is 7.30. The van der Waals surface area contributed by atoms with Gasteiger partial charge in [-0.15, -0.1) is 0 Å². The fourth-order valence-corrected chi connectivity index (χ4v) is 3.19. The maximum atomic E-state index is 13.0. The molecule has 0 amide bonds. The number of benzene rings is 1. The fraction of sp³-hybridized carbons (Fsp3) is 0.350. The van der Waals surface area contributed by atoms with E-state index in [0.717, 1.165) is 11.1 Å². The van der Waals surface area contributed by atoms with Crippen LogP contribution in [0.4, 0.5) is 0 Å². The van der Waals surface area contributed by atoms with E-state index in [1.54, 1.807) is 46.3 Å². The minimum atomic E-state index is -1.01. The van der Waals surface area contributed by atoms with E-state index in [9.17, 15) is 9.90 Å². The van der Waals surface area contributed by atoms with E-state index < -0.39 is 11.2 Å². The molecule has 130 valence electrons. The van der Waals surface area contributed by atoms with Gasteiger partial charge in [0.25, 0.3) is 0 Å². The molecular weight excluding hydrogens is 316 g/mol. The van der Waals surface area contributed by atoms with Crippen molar-refractivity contribution in [2.45, 2.75) is 45.8 Å². The van der Waals surface area contributed by atoms with Crippen molar-refractivity contribution >= 4 is 11.4 Å². The number of carbonyl (C=O) groups is 1. The Morgan fingerprint density at radius 3 is 2.44 bits per heavy atom. The van der Waals surface area contributed by atoms with Gasteiger partial charge in [0.2, 0.25) is 0 Å². The van der Waals surface area contributed by atoms with Crippen molar-refractivity contribution in [2.75, 3.05) is 0 Å². The van der Waals surface area contributed by atoms with Crippen molar-refractivity contribution in [3.05, 3.63) is 53.7 Å². The number of Topliss-reactive ketones (excluding diaryl/α,β-unsaturated/α-hetero) is 1. The summed E-state index contributed by atoms with van der Waals surface area (Å²) < 4.78 is 5.81. The fourth-order valence-electron chi connectivity index (χ4n) is 3.19. The molecule has 0 bridgehead atoms. The van der Waals surface area contributed by atoms with Crippen LogP contribution in [-0.2, 0) is 9.53 Å². The number of hydrogen-bond acceptors (Lipinski definition) is 5. The van der Waals surface area contributed by atoms with Crippen molar-refractivity contribution in [1.82, 2.24) is 9.97 Å². The van der Waals surface area contributed by atoms with Crippen LogP contribution in [0.2, 0.25) is 0 Å². The zero-order valence-electron chi connectivity index (χ0n) is 15.1. The highest BCUT2D eigenvalue weighted by molar-refractivity contribution is 6.26. The predicted octanol–water partition coefficient (Wildman–Crippen LogP) is 3.88. The highest BCUT2D eigenvalue weighted by Gasteiger charge is 2.47. The maximum absolute atomic E-state index is 13.0. The van der Waals surface area contributed by atoms with Gasteiger partial charge in [-0.3, -0.25) is 14.8 Å². The van der Waals surface area contributed by atoms with Crippen molar-refractivity contribution in [3.8, 4) is 11.3 Å². The molecule has 5 nitrogen and oxygen atoms in total. The minimum Gasteiger partial charge on any atom is -0.508 e. The van der Waals surface area contributed by atoms with Crippen LogP contribution in [0.3, 0.4) is 0 Å². The third kappa shape index (κ3) is 2.96. The summed E-state index contributed by atoms with van der Waals surface area (Å²) in [4.78, 5) is 21.4. The first-order valence-corrected chi connectivity index (χ1v) is 8.19. The second-order valence-electron chi connectivity index (χ2n) is 7.30. The Morgan fingerprint density at radius 2 is 1.80 bits per heavy atom. The minimum absolute atomic E-state index is 0.0452. The molecule has 1 aliphatic rings. The summed E-state index contributed by atoms with van der Waals surface area (Å²) in [6.07, 6.45) is 4.90. The van der Waals surface area contributed by atoms with Gasteiger partial charge in [0.05, 0.1) is 17.5 Å². The molecule has 0 aliphatic carbocycles. The van der Waals surface area contributed by atoms with Crippen molar-refractivity contribution < 1.29 is 14.6 Å². The molecule has 1 aliphatic heterocycles. The van der Waals surface area contributed by atoms with E-state index in [1.807, 2.05) is 25.1 Å². The molecule has 0 saturated heterocycles. The van der Waals surface area contributed by atoms with E-state index in [0.29, 0.717) is 16.8 Å². The number of ether oxygens (including phenoxy) is 1. The summed E-state index contributed by atoms with van der Waals surface area (Å²) >= 11 is 0. The molecule has 2 heterocycles. The highest BCUT2D eigenvalue weighted by atomic mass is 16.5. The van der Waals surface area contributed by atoms with E-state index in [-0.39, 0.29) is 11.5 Å². The Kier molecular flexibility index (Phi) is 4.00. The molecule has 3 rings (SSSR count). The quantitative estimate of drug-likeness (QED) is 0.900. The number of aromatic nitrogens is 2. The molecular formula is C20H22N2O3. The Hall–Kier alpha value is -2.53. The average molecular weight is 338 g/mol. The Morgan fingerprint density at radius 1 is 1.08 bits per heavy atom. The lowest BCUT2D eigenvalue weighted by molar-refractivity contribution is -0.158. The van der Waals surface area contributed by atoms with E-state index in [4.69, 9.17) is 4.74 Å². The summed E-state index contributed by atoms with van der Waals surface area (Å²) in [5, 5.41) is 10.7. The molecule has 0 atom stereocenters. The number of carbonyl (C=O) groups excluding carboxylic acids is 1. The van der Waals surface area contributed by atoms with Gasteiger partial charge in [-0.05, 0) is 51.8 Å². The monoisotopic (exact) mass is 338 g/mol. The molecule has 2 aromatic rings. The molecule has 0 saturated carbocycles. The number of hydrogen-bond donors (Lipinski definition) is 1. The van der Waals surface area contributed by atoms with Gasteiger partial charge >= 0.3 is 0 Å². The van der Waals surface area contributed by atoms with Crippen molar-refractivity contribution in [3.63, 3.8) is 0 Å². The molecule has 1 aromatic heterocycles. The van der Waals surface area contributed by atoms with Gasteiger partial charge in [0.1, 0.15) is 17.0 Å². The van der Waals surface area contributed by atoms with Gasteiger partial charge in [0.15, 0.2) is 5.78 Å². The third-order valence-electron chi connectivity index (χ3n) is 4.46. The lowest BCUT2D eigenvalue weighted by atomic mass is 9.81. The first kappa shape index (κ1) is 17.3. The smallest absolute Gasteiger partial charge is 0.198 e. The average Bonchev–Trinajstić information content (AvgIpc) is 2.55. The zero-order chi connectivity index (χ0) is 18.4. The SMILES string of the molecule is Cc1ccc(-c2cnccn2)cc1C1=C(O)C(C)(C)OC(C)(C)C1=O. The van der Waals surface area contributed by atoms with E-state index in [1.165, 1.54) is 0 Å². The Balaban J connectivity index is 2.23. The first-order chi connectivity index (χ1) is 11.6. The highest BCUT2D eigenvalue weighted by Crippen LogP contribution is 2.41. The van der Waals surface area contributed by atoms with Crippen molar-refractivity contribution in [2.24, 2.45) is 0 Å². The molecule has 0 radical (unpaired) electrons. The van der Waals surface area contributed by atoms with Gasteiger partial charge in [0, 0.05) is 18.0 Å². The predicted molar refractivity (Wildman–Crippen MR) is 96.0 cm³/mol. The number of aliphatic hydroxyl groups is 1. The summed E-state index contributed by atoms with van der Waals surface area (Å²) in [5.41, 5.74) is 1.49. The number of aryl methyl sites for hydroxylation is 1. The summed E-state index contributed by atoms with van der Waals surface area (Å²) in [6, 6.07) is 5.73. The number of aliphatic hydroxyl groups excluding tert-OH is 1. The normalized spacial score (nSPS) is 19.2. The van der Waals surface area contributed by atoms with Crippen molar-refractivity contribution in [1.29, 1.82) is 0 Å². The Bertz CT molecular complexity index is 868. The van der Waals surface area contributed by atoms with Crippen LogP contribution < -0.4 is 0 Å². The van der Waals surface area contributed by atoms with Gasteiger partial charge in [-0.25, -0.2) is 0 Å². The van der Waals surface area contributed by atoms with Crippen LogP contribution in [0.1, 0.15) is 38.8 Å². The van der Waals surface area contributed by atoms with E-state index in [2.05, 4.69) is 9.97 Å². The number of rotatable bonds is 2. The Labute approximate surface area is 147 Å². The largest absolute Gasteiger partial charge is 0.508 e. The zero-order valence-corrected chi connectivity index (χ0v) is 15.1. The second kappa shape index (κ2) is 5.77. The number of ketones is 1.